The van der Waals surface area contributed by atoms with E-state index in [1.807, 2.05) is 0 Å². The molecule has 0 aromatic rings. The van der Waals surface area contributed by atoms with Gasteiger partial charge in [0.15, 0.2) is 0 Å². The quantitative estimate of drug-likeness (QED) is 0.490. The minimum Gasteiger partial charge on any atom is -0.469 e. The maximum Gasteiger partial charge on any atom is 0.305 e. The largest absolute Gasteiger partial charge is 0.469 e. The molecule has 0 radical (unpaired) electrons. The van der Waals surface area contributed by atoms with Crippen LogP contribution in [0.4, 0.5) is 0 Å². The van der Waals surface area contributed by atoms with Crippen LogP contribution in [0.15, 0.2) is 0 Å². The summed E-state index contributed by atoms with van der Waals surface area (Å²) in [6.07, 6.45) is 18.4. The molecule has 1 unspecified atom stereocenters. The zero-order valence-electron chi connectivity index (χ0n) is 21.4. The fourth-order valence-corrected chi connectivity index (χ4v) is 8.92. The lowest BCUT2D eigenvalue weighted by Crippen LogP contribution is -2.54. The minimum absolute atomic E-state index is 0.0550. The highest BCUT2D eigenvalue weighted by Crippen LogP contribution is 2.65. The van der Waals surface area contributed by atoms with Gasteiger partial charge >= 0.3 is 5.97 Å². The summed E-state index contributed by atoms with van der Waals surface area (Å²) in [7, 11) is 1.46. The topological polar surface area (TPSA) is 63.6 Å². The number of rotatable bonds is 3. The van der Waals surface area contributed by atoms with E-state index in [1.165, 1.54) is 71.3 Å². The molecule has 0 saturated heterocycles. The van der Waals surface area contributed by atoms with E-state index in [0.29, 0.717) is 23.5 Å². The third-order valence-electron chi connectivity index (χ3n) is 11.1. The molecule has 0 aromatic carbocycles. The number of hydrogen-bond acceptors (Lipinski definition) is 4. The second kappa shape index (κ2) is 10.4. The summed E-state index contributed by atoms with van der Waals surface area (Å²) < 4.78 is 4.60. The molecule has 0 amide bonds. The van der Waals surface area contributed by atoms with Crippen molar-refractivity contribution in [1.29, 1.82) is 0 Å². The Labute approximate surface area is 201 Å². The third-order valence-corrected chi connectivity index (χ3v) is 11.1. The van der Waals surface area contributed by atoms with Gasteiger partial charge < -0.3 is 9.84 Å². The molecule has 5 rings (SSSR count). The Morgan fingerprint density at radius 2 is 1.67 bits per heavy atom. The number of Topliss-reactive ketones (excluding diaryl/α,β-unsaturated/α-hetero) is 1. The summed E-state index contributed by atoms with van der Waals surface area (Å²) in [4.78, 5) is 22.7. The minimum atomic E-state index is -0.0677. The summed E-state index contributed by atoms with van der Waals surface area (Å²) in [5.41, 5.74) is 0.598. The Bertz CT molecular complexity index is 698. The van der Waals surface area contributed by atoms with Gasteiger partial charge in [0.2, 0.25) is 0 Å². The van der Waals surface area contributed by atoms with Crippen LogP contribution in [-0.4, -0.2) is 30.1 Å². The van der Waals surface area contributed by atoms with Crippen molar-refractivity contribution >= 4 is 11.8 Å². The van der Waals surface area contributed by atoms with E-state index in [0.717, 1.165) is 55.8 Å². The predicted octanol–water partition coefficient (Wildman–Crippen LogP) is 6.48. The van der Waals surface area contributed by atoms with Crippen molar-refractivity contribution in [3.63, 3.8) is 0 Å². The van der Waals surface area contributed by atoms with Crippen molar-refractivity contribution in [2.45, 2.75) is 123 Å². The van der Waals surface area contributed by atoms with Gasteiger partial charge in [-0.2, -0.15) is 0 Å². The van der Waals surface area contributed by atoms with Crippen LogP contribution in [0.3, 0.4) is 0 Å². The molecule has 0 bridgehead atoms. The van der Waals surface area contributed by atoms with E-state index in [9.17, 15) is 14.7 Å². The van der Waals surface area contributed by atoms with Crippen molar-refractivity contribution in [2.75, 3.05) is 7.11 Å². The number of aliphatic hydroxyl groups excluding tert-OH is 1. The van der Waals surface area contributed by atoms with Crippen LogP contribution in [0.1, 0.15) is 117 Å². The van der Waals surface area contributed by atoms with E-state index in [-0.39, 0.29) is 17.5 Å². The van der Waals surface area contributed by atoms with Gasteiger partial charge in [-0.25, -0.2) is 0 Å². The first kappa shape index (κ1) is 25.2. The van der Waals surface area contributed by atoms with Crippen molar-refractivity contribution in [2.24, 2.45) is 40.4 Å². The summed E-state index contributed by atoms with van der Waals surface area (Å²) in [5.74, 6) is 4.26. The number of carbonyl (C=O) groups excluding carboxylic acids is 2. The predicted molar refractivity (Wildman–Crippen MR) is 131 cm³/mol. The summed E-state index contributed by atoms with van der Waals surface area (Å²) >= 11 is 0. The molecule has 5 saturated carbocycles. The normalized spacial score (nSPS) is 42.9. The van der Waals surface area contributed by atoms with E-state index in [4.69, 9.17) is 0 Å². The Kier molecular flexibility index (Phi) is 7.93. The van der Waals surface area contributed by atoms with Crippen LogP contribution in [0.2, 0.25) is 0 Å². The highest BCUT2D eigenvalue weighted by atomic mass is 16.5. The van der Waals surface area contributed by atoms with Gasteiger partial charge in [-0.15, -0.1) is 0 Å². The molecular weight excluding hydrogens is 412 g/mol. The first-order valence-corrected chi connectivity index (χ1v) is 14.0. The fourth-order valence-electron chi connectivity index (χ4n) is 8.92. The monoisotopic (exact) mass is 460 g/mol. The lowest BCUT2D eigenvalue weighted by molar-refractivity contribution is -0.142. The zero-order valence-corrected chi connectivity index (χ0v) is 21.4. The van der Waals surface area contributed by atoms with Gasteiger partial charge in [0, 0.05) is 19.3 Å². The second-order valence-electron chi connectivity index (χ2n) is 12.7. The number of hydrogen-bond donors (Lipinski definition) is 1. The number of carbonyl (C=O) groups is 2. The molecule has 33 heavy (non-hydrogen) atoms. The lowest BCUT2D eigenvalue weighted by Gasteiger charge is -2.60. The molecule has 4 heteroatoms. The third kappa shape index (κ3) is 5.07. The zero-order chi connectivity index (χ0) is 23.6. The van der Waals surface area contributed by atoms with Crippen LogP contribution < -0.4 is 0 Å². The summed E-state index contributed by atoms with van der Waals surface area (Å²) in [5, 5.41) is 10.5. The van der Waals surface area contributed by atoms with Crippen molar-refractivity contribution in [3.05, 3.63) is 0 Å². The van der Waals surface area contributed by atoms with Gasteiger partial charge in [0.05, 0.1) is 13.2 Å². The molecular formula is C29H48O4. The highest BCUT2D eigenvalue weighted by molar-refractivity contribution is 5.79. The molecule has 0 aromatic heterocycles. The van der Waals surface area contributed by atoms with Crippen molar-refractivity contribution in [3.8, 4) is 0 Å². The average Bonchev–Trinajstić information content (AvgIpc) is 3.13. The number of ketones is 1. The van der Waals surface area contributed by atoms with Gasteiger partial charge in [-0.05, 0) is 91.8 Å². The van der Waals surface area contributed by atoms with Crippen LogP contribution >= 0.6 is 0 Å². The van der Waals surface area contributed by atoms with Crippen LogP contribution in [0.5, 0.6) is 0 Å². The van der Waals surface area contributed by atoms with Crippen LogP contribution in [0, 0.1) is 40.4 Å². The van der Waals surface area contributed by atoms with Crippen molar-refractivity contribution < 1.29 is 19.4 Å². The Balaban J connectivity index is 0.000000185. The second-order valence-corrected chi connectivity index (χ2v) is 12.7. The molecule has 7 atom stereocenters. The van der Waals surface area contributed by atoms with Crippen molar-refractivity contribution in [1.82, 2.24) is 0 Å². The summed E-state index contributed by atoms with van der Waals surface area (Å²) in [6.45, 7) is 4.85. The summed E-state index contributed by atoms with van der Waals surface area (Å²) in [6, 6.07) is 0. The standard InChI is InChI=1S/C19H30O2.C10H18O2/c1-18-9-7-13(20)11-12(18)3-4-14-15-5-6-17(21)19(15,2)10-8-16(14)18;1-12-10(11)8-7-9-5-3-2-4-6-9/h12,14-17,21H,3-11H2,1-2H3;9H,2-8H2,1H3/t12?,14-,15-,16-,17-,18-,19-;/m0./s1. The Morgan fingerprint density at radius 3 is 2.39 bits per heavy atom. The van der Waals surface area contributed by atoms with Crippen LogP contribution in [-0.2, 0) is 14.3 Å². The molecule has 4 nitrogen and oxygen atoms in total. The number of aliphatic hydroxyl groups is 1. The van der Waals surface area contributed by atoms with Gasteiger partial charge in [-0.1, -0.05) is 46.0 Å². The molecule has 5 fully saturated rings. The molecule has 188 valence electrons. The maximum absolute atomic E-state index is 11.9. The first-order chi connectivity index (χ1) is 15.8. The molecule has 0 aliphatic heterocycles. The number of esters is 1. The number of fused-ring (bicyclic) bond motifs is 5. The molecule has 0 spiro atoms. The Hall–Kier alpha value is -0.900. The smallest absolute Gasteiger partial charge is 0.305 e. The SMILES string of the molecule is COC(=O)CCC1CCCCC1.C[C@]12CC[C@H]3[C@@H](CCC4CC(=O)CC[C@@]43C)[C@@H]1CC[C@@H]2O. The van der Waals surface area contributed by atoms with Gasteiger partial charge in [-0.3, -0.25) is 9.59 Å². The van der Waals surface area contributed by atoms with Gasteiger partial charge in [0.25, 0.3) is 0 Å². The lowest BCUT2D eigenvalue weighted by atomic mass is 9.45. The fraction of sp³-hybridized carbons (Fsp3) is 0.931. The van der Waals surface area contributed by atoms with E-state index < -0.39 is 0 Å². The highest BCUT2D eigenvalue weighted by Gasteiger charge is 2.59. The first-order valence-electron chi connectivity index (χ1n) is 14.0. The Morgan fingerprint density at radius 1 is 0.939 bits per heavy atom. The van der Waals surface area contributed by atoms with Crippen LogP contribution in [0.25, 0.3) is 0 Å². The van der Waals surface area contributed by atoms with E-state index >= 15 is 0 Å². The van der Waals surface area contributed by atoms with E-state index in [1.54, 1.807) is 0 Å². The molecule has 5 aliphatic carbocycles. The molecule has 1 N–H and O–H groups in total. The van der Waals surface area contributed by atoms with Gasteiger partial charge in [0.1, 0.15) is 5.78 Å². The maximum atomic E-state index is 11.9. The molecule has 0 heterocycles. The van der Waals surface area contributed by atoms with E-state index in [2.05, 4.69) is 18.6 Å². The number of methoxy groups -OCH3 is 1. The number of ether oxygens (including phenoxy) is 1. The average molecular weight is 461 g/mol. The molecule has 5 aliphatic rings.